The van der Waals surface area contributed by atoms with E-state index in [1.54, 1.807) is 12.3 Å². The summed E-state index contributed by atoms with van der Waals surface area (Å²) in [7, 11) is 0. The number of benzene rings is 1. The van der Waals surface area contributed by atoms with Crippen molar-refractivity contribution in [3.63, 3.8) is 0 Å². The van der Waals surface area contributed by atoms with Gasteiger partial charge in [0.15, 0.2) is 5.82 Å². The lowest BCUT2D eigenvalue weighted by Gasteiger charge is -2.26. The molecule has 2 aromatic heterocycles. The number of nitrogens with zero attached hydrogens (tertiary/aromatic N) is 3. The summed E-state index contributed by atoms with van der Waals surface area (Å²) in [4.78, 5) is 16.9. The van der Waals surface area contributed by atoms with E-state index in [9.17, 15) is 9.90 Å². The minimum atomic E-state index is -0.111. The van der Waals surface area contributed by atoms with Gasteiger partial charge in [0.1, 0.15) is 5.75 Å². The van der Waals surface area contributed by atoms with Crippen molar-refractivity contribution >= 4 is 0 Å². The Bertz CT molecular complexity index is 1020. The highest BCUT2D eigenvalue weighted by Gasteiger charge is 2.24. The molecule has 1 N–H and O–H groups in total. The smallest absolute Gasteiger partial charge is 0.276 e. The van der Waals surface area contributed by atoms with Crippen molar-refractivity contribution in [3.05, 3.63) is 80.9 Å². The summed E-state index contributed by atoms with van der Waals surface area (Å²) in [6.45, 7) is 4.27. The fourth-order valence-corrected chi connectivity index (χ4v) is 3.87. The molecule has 0 fully saturated rings. The van der Waals surface area contributed by atoms with Gasteiger partial charge >= 0.3 is 0 Å². The summed E-state index contributed by atoms with van der Waals surface area (Å²) in [5, 5.41) is 13.7. The first-order chi connectivity index (χ1) is 12.5. The molecule has 4 rings (SSSR count). The Hall–Kier alpha value is -2.95. The predicted molar refractivity (Wildman–Crippen MR) is 100.0 cm³/mol. The van der Waals surface area contributed by atoms with E-state index in [1.165, 1.54) is 33.6 Å². The van der Waals surface area contributed by atoms with Gasteiger partial charge in [-0.05, 0) is 67.9 Å². The van der Waals surface area contributed by atoms with E-state index < -0.39 is 0 Å². The van der Waals surface area contributed by atoms with Crippen molar-refractivity contribution in [1.82, 2.24) is 14.8 Å². The third-order valence-electron chi connectivity index (χ3n) is 5.19. The van der Waals surface area contributed by atoms with Crippen LogP contribution in [0.1, 0.15) is 40.2 Å². The van der Waals surface area contributed by atoms with E-state index in [-0.39, 0.29) is 11.3 Å². The number of pyridine rings is 1. The number of aromatic hydroxyl groups is 1. The molecule has 3 aromatic rings. The topological polar surface area (TPSA) is 68.0 Å². The first-order valence-electron chi connectivity index (χ1n) is 8.85. The van der Waals surface area contributed by atoms with Crippen molar-refractivity contribution < 1.29 is 5.11 Å². The normalized spacial score (nSPS) is 16.3. The third-order valence-corrected chi connectivity index (χ3v) is 5.19. The summed E-state index contributed by atoms with van der Waals surface area (Å²) in [6, 6.07) is 9.70. The SMILES string of the molecule is Cc1ccc(C2CCc3c(cnn(-c4ccc(O)cn4)c3=O)C2)c(C)c1. The van der Waals surface area contributed by atoms with Gasteiger partial charge in [-0.25, -0.2) is 4.98 Å². The largest absolute Gasteiger partial charge is 0.506 e. The molecule has 1 atom stereocenters. The van der Waals surface area contributed by atoms with Crippen LogP contribution in [0, 0.1) is 13.8 Å². The molecule has 132 valence electrons. The highest BCUT2D eigenvalue weighted by molar-refractivity contribution is 5.38. The second-order valence-corrected chi connectivity index (χ2v) is 7.04. The Morgan fingerprint density at radius 2 is 2.00 bits per heavy atom. The van der Waals surface area contributed by atoms with Crippen LogP contribution in [0.15, 0.2) is 47.5 Å². The van der Waals surface area contributed by atoms with Crippen molar-refractivity contribution in [3.8, 4) is 11.6 Å². The maximum Gasteiger partial charge on any atom is 0.276 e. The number of hydrogen-bond acceptors (Lipinski definition) is 4. The van der Waals surface area contributed by atoms with Crippen LogP contribution in [-0.2, 0) is 12.8 Å². The van der Waals surface area contributed by atoms with Crippen LogP contribution in [0.3, 0.4) is 0 Å². The fraction of sp³-hybridized carbons (Fsp3) is 0.286. The van der Waals surface area contributed by atoms with Crippen LogP contribution < -0.4 is 5.56 Å². The molecule has 2 heterocycles. The molecule has 5 nitrogen and oxygen atoms in total. The molecule has 1 aliphatic carbocycles. The Labute approximate surface area is 152 Å². The molecular weight excluding hydrogens is 326 g/mol. The van der Waals surface area contributed by atoms with Crippen LogP contribution in [0.5, 0.6) is 5.75 Å². The van der Waals surface area contributed by atoms with Crippen molar-refractivity contribution in [2.24, 2.45) is 0 Å². The fourth-order valence-electron chi connectivity index (χ4n) is 3.87. The third kappa shape index (κ3) is 2.90. The molecule has 1 unspecified atom stereocenters. The number of fused-ring (bicyclic) bond motifs is 1. The lowest BCUT2D eigenvalue weighted by Crippen LogP contribution is -2.30. The monoisotopic (exact) mass is 347 g/mol. The number of aromatic nitrogens is 3. The maximum atomic E-state index is 12.9. The van der Waals surface area contributed by atoms with Gasteiger partial charge in [0.2, 0.25) is 0 Å². The number of aryl methyl sites for hydroxylation is 2. The van der Waals surface area contributed by atoms with E-state index in [4.69, 9.17) is 0 Å². The van der Waals surface area contributed by atoms with E-state index in [0.29, 0.717) is 11.7 Å². The van der Waals surface area contributed by atoms with Crippen molar-refractivity contribution in [1.29, 1.82) is 0 Å². The second kappa shape index (κ2) is 6.41. The Morgan fingerprint density at radius 1 is 1.15 bits per heavy atom. The summed E-state index contributed by atoms with van der Waals surface area (Å²) in [5.41, 5.74) is 5.70. The molecule has 1 aromatic carbocycles. The van der Waals surface area contributed by atoms with Crippen LogP contribution >= 0.6 is 0 Å². The van der Waals surface area contributed by atoms with E-state index in [1.807, 2.05) is 0 Å². The standard InChI is InChI=1S/C21H21N3O2/c1-13-3-6-18(14(2)9-13)15-4-7-19-16(10-15)11-23-24(21(19)26)20-8-5-17(25)12-22-20/h3,5-6,8-9,11-12,15,25H,4,7,10H2,1-2H3. The van der Waals surface area contributed by atoms with Gasteiger partial charge in [-0.3, -0.25) is 4.79 Å². The molecule has 1 aliphatic rings. The zero-order valence-electron chi connectivity index (χ0n) is 14.9. The Balaban J connectivity index is 1.68. The molecule has 0 amide bonds. The van der Waals surface area contributed by atoms with Crippen LogP contribution in [0.25, 0.3) is 5.82 Å². The van der Waals surface area contributed by atoms with Gasteiger partial charge < -0.3 is 5.11 Å². The lowest BCUT2D eigenvalue weighted by molar-refractivity contribution is 0.472. The zero-order chi connectivity index (χ0) is 18.3. The van der Waals surface area contributed by atoms with Crippen LogP contribution in [0.2, 0.25) is 0 Å². The Morgan fingerprint density at radius 3 is 2.73 bits per heavy atom. The van der Waals surface area contributed by atoms with Gasteiger partial charge in [-0.2, -0.15) is 9.78 Å². The first kappa shape index (κ1) is 16.5. The van der Waals surface area contributed by atoms with E-state index in [2.05, 4.69) is 42.1 Å². The highest BCUT2D eigenvalue weighted by atomic mass is 16.3. The van der Waals surface area contributed by atoms with E-state index >= 15 is 0 Å². The van der Waals surface area contributed by atoms with Gasteiger partial charge in [0, 0.05) is 5.56 Å². The maximum absolute atomic E-state index is 12.9. The van der Waals surface area contributed by atoms with Gasteiger partial charge in [-0.1, -0.05) is 23.8 Å². The molecular formula is C21H21N3O2. The quantitative estimate of drug-likeness (QED) is 0.773. The summed E-state index contributed by atoms with van der Waals surface area (Å²) < 4.78 is 1.32. The van der Waals surface area contributed by atoms with Gasteiger partial charge in [0.05, 0.1) is 12.4 Å². The minimum Gasteiger partial charge on any atom is -0.506 e. The number of hydrogen-bond donors (Lipinski definition) is 1. The van der Waals surface area contributed by atoms with Crippen LogP contribution in [-0.4, -0.2) is 19.9 Å². The molecule has 26 heavy (non-hydrogen) atoms. The number of rotatable bonds is 2. The summed E-state index contributed by atoms with van der Waals surface area (Å²) >= 11 is 0. The molecule has 0 spiro atoms. The van der Waals surface area contributed by atoms with E-state index in [0.717, 1.165) is 30.4 Å². The molecule has 0 bridgehead atoms. The van der Waals surface area contributed by atoms with Crippen LogP contribution in [0.4, 0.5) is 0 Å². The van der Waals surface area contributed by atoms with Gasteiger partial charge in [-0.15, -0.1) is 0 Å². The summed E-state index contributed by atoms with van der Waals surface area (Å²) in [6.07, 6.45) is 5.65. The molecule has 5 heteroatoms. The average Bonchev–Trinajstić information content (AvgIpc) is 2.63. The van der Waals surface area contributed by atoms with Crippen molar-refractivity contribution in [2.75, 3.05) is 0 Å². The molecule has 0 aliphatic heterocycles. The Kier molecular flexibility index (Phi) is 4.07. The predicted octanol–water partition coefficient (Wildman–Crippen LogP) is 3.22. The van der Waals surface area contributed by atoms with Crippen molar-refractivity contribution in [2.45, 2.75) is 39.0 Å². The van der Waals surface area contributed by atoms with Gasteiger partial charge in [0.25, 0.3) is 5.56 Å². The lowest BCUT2D eigenvalue weighted by atomic mass is 9.79. The molecule has 0 radical (unpaired) electrons. The highest BCUT2D eigenvalue weighted by Crippen LogP contribution is 2.33. The average molecular weight is 347 g/mol. The summed E-state index contributed by atoms with van der Waals surface area (Å²) in [5.74, 6) is 0.912. The zero-order valence-corrected chi connectivity index (χ0v) is 14.9. The molecule has 0 saturated carbocycles. The molecule has 0 saturated heterocycles. The minimum absolute atomic E-state index is 0.0658. The first-order valence-corrected chi connectivity index (χ1v) is 8.85. The second-order valence-electron chi connectivity index (χ2n) is 7.04.